The van der Waals surface area contributed by atoms with Gasteiger partial charge in [-0.1, -0.05) is 89.9 Å². The molecule has 9 nitrogen and oxygen atoms in total. The van der Waals surface area contributed by atoms with Gasteiger partial charge in [-0.3, -0.25) is 14.4 Å². The Morgan fingerprint density at radius 1 is 0.625 bits per heavy atom. The van der Waals surface area contributed by atoms with Gasteiger partial charge in [0.2, 0.25) is 11.8 Å². The van der Waals surface area contributed by atoms with Crippen LogP contribution in [0.25, 0.3) is 0 Å². The first kappa shape index (κ1) is 38.0. The van der Waals surface area contributed by atoms with Gasteiger partial charge in [0.05, 0.1) is 18.7 Å². The van der Waals surface area contributed by atoms with Crippen molar-refractivity contribution in [3.8, 4) is 0 Å². The van der Waals surface area contributed by atoms with Crippen LogP contribution < -0.4 is 16.4 Å². The van der Waals surface area contributed by atoms with E-state index in [2.05, 4.69) is 10.6 Å². The Balaban J connectivity index is 3.50. The van der Waals surface area contributed by atoms with E-state index >= 15 is 0 Å². The van der Waals surface area contributed by atoms with Crippen molar-refractivity contribution >= 4 is 24.1 Å². The van der Waals surface area contributed by atoms with Crippen LogP contribution in [0.15, 0.2) is 0 Å². The fraction of sp³-hybridized carbons (Fsp3) is 0.871. The molecular weight excluding hydrogens is 510 g/mol. The number of aliphatic carboxylic acids is 1. The highest BCUT2D eigenvalue weighted by molar-refractivity contribution is 5.77. The molecule has 0 radical (unpaired) electrons. The van der Waals surface area contributed by atoms with Crippen LogP contribution in [0.4, 0.5) is 0 Å². The molecule has 40 heavy (non-hydrogen) atoms. The van der Waals surface area contributed by atoms with Gasteiger partial charge in [0.15, 0.2) is 0 Å². The lowest BCUT2D eigenvalue weighted by Gasteiger charge is -2.16. The Bertz CT molecular complexity index is 647. The van der Waals surface area contributed by atoms with E-state index < -0.39 is 18.1 Å². The van der Waals surface area contributed by atoms with Gasteiger partial charge in [-0.25, -0.2) is 0 Å². The predicted octanol–water partition coefficient (Wildman–Crippen LogP) is 5.16. The normalized spacial score (nSPS) is 12.6. The van der Waals surface area contributed by atoms with Gasteiger partial charge in [-0.05, 0) is 38.5 Å². The fourth-order valence-corrected chi connectivity index (χ4v) is 4.74. The van der Waals surface area contributed by atoms with Crippen molar-refractivity contribution in [2.75, 3.05) is 13.2 Å². The van der Waals surface area contributed by atoms with E-state index in [9.17, 15) is 24.3 Å². The van der Waals surface area contributed by atoms with Gasteiger partial charge < -0.3 is 31.4 Å². The molecule has 2 atom stereocenters. The summed E-state index contributed by atoms with van der Waals surface area (Å²) in [5.74, 6) is -0.858. The van der Waals surface area contributed by atoms with Crippen molar-refractivity contribution < 1.29 is 29.4 Å². The van der Waals surface area contributed by atoms with Crippen LogP contribution in [-0.2, 0) is 19.2 Å². The van der Waals surface area contributed by atoms with Crippen LogP contribution in [-0.4, -0.2) is 59.5 Å². The highest BCUT2D eigenvalue weighted by atomic mass is 16.4. The van der Waals surface area contributed by atoms with Gasteiger partial charge >= 0.3 is 5.97 Å². The molecule has 0 saturated heterocycles. The molecule has 0 aromatic carbocycles. The van der Waals surface area contributed by atoms with Crippen molar-refractivity contribution in [3.05, 3.63) is 0 Å². The summed E-state index contributed by atoms with van der Waals surface area (Å²) in [6, 6.07) is -0.840. The largest absolute Gasteiger partial charge is 0.481 e. The summed E-state index contributed by atoms with van der Waals surface area (Å²) in [5, 5.41) is 23.8. The lowest BCUT2D eigenvalue weighted by Crippen LogP contribution is -2.38. The number of hydrogen-bond donors (Lipinski definition) is 5. The molecule has 0 bridgehead atoms. The molecule has 0 heterocycles. The molecule has 0 saturated carbocycles. The third-order valence-corrected chi connectivity index (χ3v) is 7.31. The van der Waals surface area contributed by atoms with E-state index in [1.807, 2.05) is 0 Å². The molecule has 0 rings (SSSR count). The summed E-state index contributed by atoms with van der Waals surface area (Å²) in [4.78, 5) is 45.1. The lowest BCUT2D eigenvalue weighted by molar-refractivity contribution is -0.137. The molecule has 2 amide bonds. The number of nitrogens with one attached hydrogen (secondary N) is 2. The first-order valence-corrected chi connectivity index (χ1v) is 16.0. The second-order valence-corrected chi connectivity index (χ2v) is 11.2. The van der Waals surface area contributed by atoms with E-state index in [0.29, 0.717) is 32.2 Å². The SMILES string of the molecule is NC(C=O)CCCCNC(=O)CCC(CO)NC(=O)CCCCCCCCCCCCCCCCCCC(=O)O. The summed E-state index contributed by atoms with van der Waals surface area (Å²) >= 11 is 0. The number of nitrogens with two attached hydrogens (primary N) is 1. The maximum Gasteiger partial charge on any atom is 0.303 e. The topological polar surface area (TPSA) is 159 Å². The van der Waals surface area contributed by atoms with Crippen LogP contribution >= 0.6 is 0 Å². The zero-order chi connectivity index (χ0) is 29.7. The summed E-state index contributed by atoms with van der Waals surface area (Å²) < 4.78 is 0. The summed E-state index contributed by atoms with van der Waals surface area (Å²) in [5.41, 5.74) is 5.53. The highest BCUT2D eigenvalue weighted by Gasteiger charge is 2.13. The average molecular weight is 570 g/mol. The number of rotatable bonds is 30. The Hall–Kier alpha value is -2.00. The third kappa shape index (κ3) is 27.6. The van der Waals surface area contributed by atoms with Crippen molar-refractivity contribution in [3.63, 3.8) is 0 Å². The molecule has 2 unspecified atom stereocenters. The number of aliphatic hydroxyl groups is 1. The summed E-state index contributed by atoms with van der Waals surface area (Å²) in [6.45, 7) is 0.347. The Labute approximate surface area is 242 Å². The van der Waals surface area contributed by atoms with Crippen LogP contribution in [0.1, 0.15) is 148 Å². The fourth-order valence-electron chi connectivity index (χ4n) is 4.74. The number of carbonyl (C=O) groups is 4. The van der Waals surface area contributed by atoms with Crippen molar-refractivity contribution in [1.29, 1.82) is 0 Å². The van der Waals surface area contributed by atoms with Crippen LogP contribution in [0.3, 0.4) is 0 Å². The van der Waals surface area contributed by atoms with Gasteiger partial charge in [0.1, 0.15) is 6.29 Å². The number of unbranched alkanes of at least 4 members (excludes halogenated alkanes) is 16. The van der Waals surface area contributed by atoms with E-state index in [0.717, 1.165) is 57.7 Å². The molecule has 0 fully saturated rings. The second kappa shape index (κ2) is 28.5. The monoisotopic (exact) mass is 569 g/mol. The maximum atomic E-state index is 12.2. The number of amides is 2. The van der Waals surface area contributed by atoms with Crippen molar-refractivity contribution in [2.45, 2.75) is 160 Å². The smallest absolute Gasteiger partial charge is 0.303 e. The molecule has 0 spiro atoms. The minimum Gasteiger partial charge on any atom is -0.481 e. The Morgan fingerprint density at radius 2 is 1.10 bits per heavy atom. The predicted molar refractivity (Wildman–Crippen MR) is 160 cm³/mol. The third-order valence-electron chi connectivity index (χ3n) is 7.31. The molecule has 0 aromatic heterocycles. The molecule has 0 aromatic rings. The lowest BCUT2D eigenvalue weighted by atomic mass is 10.0. The van der Waals surface area contributed by atoms with E-state index in [1.54, 1.807) is 0 Å². The quantitative estimate of drug-likeness (QED) is 0.0590. The second-order valence-electron chi connectivity index (χ2n) is 11.2. The van der Waals surface area contributed by atoms with Gasteiger partial charge in [-0.2, -0.15) is 0 Å². The molecule has 0 aliphatic rings. The van der Waals surface area contributed by atoms with Crippen LogP contribution in [0.2, 0.25) is 0 Å². The molecule has 0 aliphatic heterocycles. The van der Waals surface area contributed by atoms with Crippen molar-refractivity contribution in [2.24, 2.45) is 5.73 Å². The van der Waals surface area contributed by atoms with Gasteiger partial charge in [0.25, 0.3) is 0 Å². The van der Waals surface area contributed by atoms with Crippen molar-refractivity contribution in [1.82, 2.24) is 10.6 Å². The van der Waals surface area contributed by atoms with E-state index in [1.165, 1.54) is 64.2 Å². The van der Waals surface area contributed by atoms with E-state index in [-0.39, 0.29) is 24.8 Å². The average Bonchev–Trinajstić information content (AvgIpc) is 2.93. The number of aldehydes is 1. The van der Waals surface area contributed by atoms with Crippen LogP contribution in [0, 0.1) is 0 Å². The summed E-state index contributed by atoms with van der Waals surface area (Å²) in [6.07, 6.45) is 23.1. The molecular formula is C31H59N3O6. The van der Waals surface area contributed by atoms with Gasteiger partial charge in [-0.15, -0.1) is 0 Å². The van der Waals surface area contributed by atoms with E-state index in [4.69, 9.17) is 10.8 Å². The molecule has 6 N–H and O–H groups in total. The van der Waals surface area contributed by atoms with Gasteiger partial charge in [0, 0.05) is 25.8 Å². The minimum atomic E-state index is -0.686. The number of carboxylic acid groups (broad SMARTS) is 1. The zero-order valence-corrected chi connectivity index (χ0v) is 25.0. The maximum absolute atomic E-state index is 12.2. The first-order chi connectivity index (χ1) is 19.4. The Kier molecular flexibility index (Phi) is 27.1. The number of aliphatic hydroxyl groups excluding tert-OH is 1. The molecule has 0 aliphatic carbocycles. The molecule has 234 valence electrons. The zero-order valence-electron chi connectivity index (χ0n) is 25.0. The standard InChI is InChI=1S/C31H59N3O6/c32-27(25-35)19-17-18-24-33-29(37)23-22-28(26-36)34-30(38)20-15-13-11-9-7-5-3-1-2-4-6-8-10-12-14-16-21-31(39)40/h25,27-28,36H,1-24,26,32H2,(H,33,37)(H,34,38)(H,39,40). The first-order valence-electron chi connectivity index (χ1n) is 16.0. The highest BCUT2D eigenvalue weighted by Crippen LogP contribution is 2.14. The molecule has 9 heteroatoms. The Morgan fingerprint density at radius 3 is 1.55 bits per heavy atom. The number of carboxylic acids is 1. The van der Waals surface area contributed by atoms with Crippen LogP contribution in [0.5, 0.6) is 0 Å². The summed E-state index contributed by atoms with van der Waals surface area (Å²) in [7, 11) is 0. The number of hydrogen-bond acceptors (Lipinski definition) is 6. The minimum absolute atomic E-state index is 0.0656. The number of carbonyl (C=O) groups excluding carboxylic acids is 3.